The lowest BCUT2D eigenvalue weighted by Crippen LogP contribution is -2.27. The van der Waals surface area contributed by atoms with E-state index in [0.717, 1.165) is 5.56 Å². The maximum absolute atomic E-state index is 11.7. The van der Waals surface area contributed by atoms with Crippen molar-refractivity contribution in [3.63, 3.8) is 0 Å². The number of ether oxygens (including phenoxy) is 1. The van der Waals surface area contributed by atoms with Gasteiger partial charge in [-0.15, -0.1) is 0 Å². The molecule has 0 aliphatic heterocycles. The Morgan fingerprint density at radius 2 is 2.04 bits per heavy atom. The van der Waals surface area contributed by atoms with Crippen LogP contribution in [0, 0.1) is 0 Å². The molecule has 0 aliphatic carbocycles. The summed E-state index contributed by atoms with van der Waals surface area (Å²) in [5, 5.41) is 7.30. The number of rotatable bonds is 7. The minimum atomic E-state index is -0.209. The van der Waals surface area contributed by atoms with Crippen molar-refractivity contribution in [2.75, 3.05) is 6.61 Å². The molecule has 0 aliphatic rings. The van der Waals surface area contributed by atoms with Gasteiger partial charge in [0.15, 0.2) is 5.76 Å². The number of furan rings is 1. The van der Waals surface area contributed by atoms with Gasteiger partial charge >= 0.3 is 0 Å². The molecule has 6 nitrogen and oxygen atoms in total. The number of carbonyl (C=O) groups excluding carboxylic acids is 1. The van der Waals surface area contributed by atoms with E-state index >= 15 is 0 Å². The number of hydrogen-bond donors (Lipinski definition) is 1. The predicted molar refractivity (Wildman–Crippen MR) is 87.2 cm³/mol. The number of nitrogens with one attached hydrogen (secondary N) is 1. The first kappa shape index (κ1) is 16.3. The fourth-order valence-electron chi connectivity index (χ4n) is 2.02. The SMILES string of the molecule is O=C(COCc1cc(-c2ccco2)on1)NCc1ccc(Cl)cc1. The Balaban J connectivity index is 1.40. The van der Waals surface area contributed by atoms with E-state index in [-0.39, 0.29) is 19.1 Å². The van der Waals surface area contributed by atoms with Gasteiger partial charge in [-0.25, -0.2) is 0 Å². The maximum Gasteiger partial charge on any atom is 0.246 e. The summed E-state index contributed by atoms with van der Waals surface area (Å²) in [6.07, 6.45) is 1.55. The number of nitrogens with zero attached hydrogens (tertiary/aromatic N) is 1. The number of halogens is 1. The lowest BCUT2D eigenvalue weighted by molar-refractivity contribution is -0.126. The quantitative estimate of drug-likeness (QED) is 0.709. The summed E-state index contributed by atoms with van der Waals surface area (Å²) < 4.78 is 15.7. The molecule has 0 spiro atoms. The summed E-state index contributed by atoms with van der Waals surface area (Å²) in [5.41, 5.74) is 1.55. The van der Waals surface area contributed by atoms with Crippen molar-refractivity contribution >= 4 is 17.5 Å². The molecule has 3 rings (SSSR count). The van der Waals surface area contributed by atoms with E-state index in [1.165, 1.54) is 0 Å². The average molecular weight is 347 g/mol. The molecule has 0 atom stereocenters. The maximum atomic E-state index is 11.7. The summed E-state index contributed by atoms with van der Waals surface area (Å²) in [7, 11) is 0. The van der Waals surface area contributed by atoms with Crippen molar-refractivity contribution in [3.05, 3.63) is 65.0 Å². The Labute approximate surface area is 143 Å². The first-order valence-corrected chi connectivity index (χ1v) is 7.67. The van der Waals surface area contributed by atoms with Crippen molar-refractivity contribution in [2.24, 2.45) is 0 Å². The first-order valence-electron chi connectivity index (χ1n) is 7.29. The molecule has 2 aromatic heterocycles. The molecule has 3 aromatic rings. The van der Waals surface area contributed by atoms with Crippen LogP contribution in [-0.2, 0) is 22.7 Å². The number of benzene rings is 1. The highest BCUT2D eigenvalue weighted by atomic mass is 35.5. The second-order valence-electron chi connectivity index (χ2n) is 5.06. The molecular weight excluding hydrogens is 332 g/mol. The summed E-state index contributed by atoms with van der Waals surface area (Å²) in [6.45, 7) is 0.543. The Morgan fingerprint density at radius 3 is 2.79 bits per heavy atom. The van der Waals surface area contributed by atoms with Crippen molar-refractivity contribution < 1.29 is 18.5 Å². The van der Waals surface area contributed by atoms with Gasteiger partial charge in [0, 0.05) is 17.6 Å². The highest BCUT2D eigenvalue weighted by Gasteiger charge is 2.10. The van der Waals surface area contributed by atoms with E-state index in [4.69, 9.17) is 25.3 Å². The van der Waals surface area contributed by atoms with Crippen LogP contribution in [0.2, 0.25) is 5.02 Å². The molecule has 7 heteroatoms. The summed E-state index contributed by atoms with van der Waals surface area (Å²) in [4.78, 5) is 11.7. The Morgan fingerprint density at radius 1 is 1.21 bits per heavy atom. The predicted octanol–water partition coefficient (Wildman–Crippen LogP) is 3.42. The monoisotopic (exact) mass is 346 g/mol. The van der Waals surface area contributed by atoms with Crippen LogP contribution in [0.5, 0.6) is 0 Å². The minimum absolute atomic E-state index is 0.0590. The summed E-state index contributed by atoms with van der Waals surface area (Å²) in [5.74, 6) is 0.903. The normalized spacial score (nSPS) is 10.7. The first-order chi connectivity index (χ1) is 11.7. The second-order valence-corrected chi connectivity index (χ2v) is 5.49. The van der Waals surface area contributed by atoms with E-state index in [1.807, 2.05) is 12.1 Å². The minimum Gasteiger partial charge on any atom is -0.461 e. The molecule has 0 saturated carbocycles. The number of carbonyl (C=O) groups is 1. The van der Waals surface area contributed by atoms with Gasteiger partial charge in [0.05, 0.1) is 12.9 Å². The van der Waals surface area contributed by atoms with Crippen LogP contribution >= 0.6 is 11.6 Å². The summed E-state index contributed by atoms with van der Waals surface area (Å²) in [6, 6.07) is 12.5. The van der Waals surface area contributed by atoms with Crippen molar-refractivity contribution in [1.82, 2.24) is 10.5 Å². The van der Waals surface area contributed by atoms with Crippen LogP contribution in [0.25, 0.3) is 11.5 Å². The molecule has 0 saturated heterocycles. The van der Waals surface area contributed by atoms with Crippen LogP contribution in [0.1, 0.15) is 11.3 Å². The molecule has 1 aromatic carbocycles. The summed E-state index contributed by atoms with van der Waals surface area (Å²) >= 11 is 5.81. The van der Waals surface area contributed by atoms with E-state index < -0.39 is 0 Å². The lowest BCUT2D eigenvalue weighted by Gasteiger charge is -2.05. The topological polar surface area (TPSA) is 77.5 Å². The van der Waals surface area contributed by atoms with Gasteiger partial charge < -0.3 is 19.0 Å². The van der Waals surface area contributed by atoms with Gasteiger partial charge in [0.2, 0.25) is 11.7 Å². The van der Waals surface area contributed by atoms with Crippen LogP contribution < -0.4 is 5.32 Å². The molecule has 0 radical (unpaired) electrons. The third-order valence-corrected chi connectivity index (χ3v) is 3.46. The zero-order valence-electron chi connectivity index (χ0n) is 12.7. The van der Waals surface area contributed by atoms with Crippen LogP contribution in [-0.4, -0.2) is 17.7 Å². The molecule has 0 fully saturated rings. The lowest BCUT2D eigenvalue weighted by atomic mass is 10.2. The Bertz CT molecular complexity index is 781. The zero-order chi connectivity index (χ0) is 16.8. The largest absolute Gasteiger partial charge is 0.461 e. The van der Waals surface area contributed by atoms with Gasteiger partial charge in [0.25, 0.3) is 0 Å². The smallest absolute Gasteiger partial charge is 0.246 e. The van der Waals surface area contributed by atoms with Gasteiger partial charge in [-0.3, -0.25) is 4.79 Å². The highest BCUT2D eigenvalue weighted by molar-refractivity contribution is 6.30. The zero-order valence-corrected chi connectivity index (χ0v) is 13.5. The molecule has 124 valence electrons. The molecule has 2 heterocycles. The second kappa shape index (κ2) is 7.81. The van der Waals surface area contributed by atoms with Crippen molar-refractivity contribution in [1.29, 1.82) is 0 Å². The van der Waals surface area contributed by atoms with Crippen molar-refractivity contribution in [3.8, 4) is 11.5 Å². The number of amides is 1. The number of aromatic nitrogens is 1. The molecule has 0 bridgehead atoms. The standard InChI is InChI=1S/C17H15ClN2O4/c18-13-5-3-12(4-6-13)9-19-17(21)11-22-10-14-8-16(24-20-14)15-2-1-7-23-15/h1-8H,9-11H2,(H,19,21). The third-order valence-electron chi connectivity index (χ3n) is 3.21. The molecule has 1 amide bonds. The Hall–Kier alpha value is -2.57. The van der Waals surface area contributed by atoms with Gasteiger partial charge in [-0.1, -0.05) is 28.9 Å². The molecule has 0 unspecified atom stereocenters. The van der Waals surface area contributed by atoms with Crippen LogP contribution in [0.3, 0.4) is 0 Å². The van der Waals surface area contributed by atoms with Gasteiger partial charge in [-0.2, -0.15) is 0 Å². The average Bonchev–Trinajstić information content (AvgIpc) is 3.25. The van der Waals surface area contributed by atoms with E-state index in [9.17, 15) is 4.79 Å². The molecule has 1 N–H and O–H groups in total. The molecule has 24 heavy (non-hydrogen) atoms. The van der Waals surface area contributed by atoms with E-state index in [1.54, 1.807) is 36.6 Å². The Kier molecular flexibility index (Phi) is 5.30. The third kappa shape index (κ3) is 4.47. The fraction of sp³-hybridized carbons (Fsp3) is 0.176. The van der Waals surface area contributed by atoms with Gasteiger partial charge in [-0.05, 0) is 29.8 Å². The van der Waals surface area contributed by atoms with Crippen LogP contribution in [0.15, 0.2) is 57.7 Å². The number of hydrogen-bond acceptors (Lipinski definition) is 5. The van der Waals surface area contributed by atoms with Gasteiger partial charge in [0.1, 0.15) is 12.3 Å². The van der Waals surface area contributed by atoms with E-state index in [2.05, 4.69) is 10.5 Å². The highest BCUT2D eigenvalue weighted by Crippen LogP contribution is 2.20. The van der Waals surface area contributed by atoms with Crippen LogP contribution in [0.4, 0.5) is 0 Å². The van der Waals surface area contributed by atoms with E-state index in [0.29, 0.717) is 28.8 Å². The van der Waals surface area contributed by atoms with Crippen molar-refractivity contribution in [2.45, 2.75) is 13.2 Å². The fourth-order valence-corrected chi connectivity index (χ4v) is 2.14. The molecular formula is C17H15ClN2O4.